The molecule has 0 amide bonds. The van der Waals surface area contributed by atoms with Gasteiger partial charge in [0.1, 0.15) is 5.82 Å². The fourth-order valence-corrected chi connectivity index (χ4v) is 5.77. The van der Waals surface area contributed by atoms with E-state index in [1.54, 1.807) is 12.1 Å². The average molecular weight is 340 g/mol. The Hall–Kier alpha value is -1.34. The normalized spacial score (nSPS) is 25.9. The highest BCUT2D eigenvalue weighted by atomic mass is 32.2. The third-order valence-corrected chi connectivity index (χ3v) is 6.57. The zero-order valence-electron chi connectivity index (χ0n) is 12.0. The van der Waals surface area contributed by atoms with E-state index < -0.39 is 9.84 Å². The molecule has 0 aromatic heterocycles. The van der Waals surface area contributed by atoms with Gasteiger partial charge in [0.25, 0.3) is 0 Å². The number of sulfone groups is 1. The molecule has 4 nitrogen and oxygen atoms in total. The molecule has 2 aliphatic rings. The van der Waals surface area contributed by atoms with Gasteiger partial charge < -0.3 is 4.90 Å². The van der Waals surface area contributed by atoms with Gasteiger partial charge in [0, 0.05) is 12.3 Å². The van der Waals surface area contributed by atoms with E-state index in [0.717, 1.165) is 10.7 Å². The van der Waals surface area contributed by atoms with Gasteiger partial charge in [-0.25, -0.2) is 12.8 Å². The van der Waals surface area contributed by atoms with Gasteiger partial charge in [-0.1, -0.05) is 30.0 Å². The number of fused-ring (bicyclic) bond motifs is 1. The molecule has 0 unspecified atom stereocenters. The molecule has 0 saturated carbocycles. The zero-order chi connectivity index (χ0) is 15.7. The van der Waals surface area contributed by atoms with Gasteiger partial charge in [-0.15, -0.1) is 6.58 Å². The van der Waals surface area contributed by atoms with Gasteiger partial charge in [0.05, 0.1) is 23.6 Å². The molecule has 7 heteroatoms. The summed E-state index contributed by atoms with van der Waals surface area (Å²) in [6.45, 7) is 4.31. The van der Waals surface area contributed by atoms with Crippen molar-refractivity contribution in [2.24, 2.45) is 4.99 Å². The number of hydrogen-bond donors (Lipinski definition) is 0. The summed E-state index contributed by atoms with van der Waals surface area (Å²) in [5.41, 5.74) is 0.885. The van der Waals surface area contributed by atoms with Crippen molar-refractivity contribution < 1.29 is 12.8 Å². The molecular formula is C15H17FN2O2S2. The van der Waals surface area contributed by atoms with Crippen LogP contribution in [0.25, 0.3) is 0 Å². The lowest BCUT2D eigenvalue weighted by atomic mass is 10.2. The topological polar surface area (TPSA) is 49.7 Å². The van der Waals surface area contributed by atoms with Crippen molar-refractivity contribution in [3.05, 3.63) is 48.3 Å². The summed E-state index contributed by atoms with van der Waals surface area (Å²) in [4.78, 5) is 6.57. The van der Waals surface area contributed by atoms with Crippen molar-refractivity contribution in [1.82, 2.24) is 4.90 Å². The molecule has 1 saturated heterocycles. The summed E-state index contributed by atoms with van der Waals surface area (Å²) in [7, 11) is -2.99. The van der Waals surface area contributed by atoms with E-state index in [0.29, 0.717) is 12.3 Å². The van der Waals surface area contributed by atoms with Crippen LogP contribution in [0.15, 0.2) is 41.9 Å². The van der Waals surface area contributed by atoms with Crippen LogP contribution in [-0.4, -0.2) is 48.6 Å². The molecule has 22 heavy (non-hydrogen) atoms. The summed E-state index contributed by atoms with van der Waals surface area (Å²) in [6.07, 6.45) is 1.76. The molecule has 0 bridgehead atoms. The number of nitrogens with zero attached hydrogens (tertiary/aromatic N) is 2. The maximum Gasteiger partial charge on any atom is 0.160 e. The Kier molecular flexibility index (Phi) is 4.27. The molecule has 2 heterocycles. The van der Waals surface area contributed by atoms with Crippen molar-refractivity contribution in [3.8, 4) is 0 Å². The van der Waals surface area contributed by atoms with Crippen molar-refractivity contribution >= 4 is 26.8 Å². The number of aliphatic imine (C=N–C) groups is 1. The van der Waals surface area contributed by atoms with Gasteiger partial charge in [-0.3, -0.25) is 4.99 Å². The van der Waals surface area contributed by atoms with E-state index in [-0.39, 0.29) is 29.4 Å². The minimum absolute atomic E-state index is 0.0852. The first kappa shape index (κ1) is 15.6. The second kappa shape index (κ2) is 6.04. The lowest BCUT2D eigenvalue weighted by Crippen LogP contribution is -2.39. The Morgan fingerprint density at radius 3 is 3.00 bits per heavy atom. The molecule has 1 aromatic carbocycles. The Bertz CT molecular complexity index is 718. The number of hydrogen-bond acceptors (Lipinski definition) is 5. The highest BCUT2D eigenvalue weighted by Crippen LogP contribution is 2.32. The molecule has 0 radical (unpaired) electrons. The lowest BCUT2D eigenvalue weighted by Gasteiger charge is -2.24. The molecular weight excluding hydrogens is 323 g/mol. The quantitative estimate of drug-likeness (QED) is 0.788. The van der Waals surface area contributed by atoms with E-state index in [1.807, 2.05) is 11.0 Å². The minimum atomic E-state index is -2.99. The van der Waals surface area contributed by atoms with Crippen LogP contribution in [0, 0.1) is 5.82 Å². The smallest absolute Gasteiger partial charge is 0.160 e. The van der Waals surface area contributed by atoms with Crippen LogP contribution in [0.2, 0.25) is 0 Å². The second-order valence-electron chi connectivity index (χ2n) is 5.48. The maximum absolute atomic E-state index is 13.2. The first-order valence-corrected chi connectivity index (χ1v) is 9.82. The van der Waals surface area contributed by atoms with E-state index in [9.17, 15) is 12.8 Å². The minimum Gasteiger partial charge on any atom is -0.342 e. The van der Waals surface area contributed by atoms with E-state index >= 15 is 0 Å². The van der Waals surface area contributed by atoms with Crippen LogP contribution in [0.3, 0.4) is 0 Å². The molecule has 3 rings (SSSR count). The van der Waals surface area contributed by atoms with Crippen molar-refractivity contribution in [3.63, 3.8) is 0 Å². The maximum atomic E-state index is 13.2. The van der Waals surface area contributed by atoms with Crippen molar-refractivity contribution in [1.29, 1.82) is 0 Å². The highest BCUT2D eigenvalue weighted by molar-refractivity contribution is 8.13. The summed E-state index contributed by atoms with van der Waals surface area (Å²) in [5.74, 6) is 0.627. The predicted octanol–water partition coefficient (Wildman–Crippen LogP) is 2.08. The molecule has 0 spiro atoms. The van der Waals surface area contributed by atoms with Crippen LogP contribution in [-0.2, 0) is 15.6 Å². The SMILES string of the molecule is C=CCN1C(SCc2cccc(F)c2)=N[C@H]2CS(=O)(=O)C[C@@H]21. The standard InChI is InChI=1S/C15H17FN2O2S2/c1-2-6-18-14-10-22(19,20)9-13(14)17-15(18)21-8-11-4-3-5-12(16)7-11/h2-5,7,13-14H,1,6,8-10H2/t13-,14-/m0/s1. The first-order chi connectivity index (χ1) is 10.5. The van der Waals surface area contributed by atoms with Crippen molar-refractivity contribution in [2.45, 2.75) is 17.8 Å². The van der Waals surface area contributed by atoms with Gasteiger partial charge in [0.2, 0.25) is 0 Å². The third-order valence-electron chi connectivity index (χ3n) is 3.80. The fourth-order valence-electron chi connectivity index (χ4n) is 2.84. The second-order valence-corrected chi connectivity index (χ2v) is 8.58. The van der Waals surface area contributed by atoms with E-state index in [2.05, 4.69) is 11.6 Å². The Balaban J connectivity index is 1.73. The molecule has 0 N–H and O–H groups in total. The summed E-state index contributed by atoms with van der Waals surface area (Å²) in [6, 6.07) is 6.21. The number of thioether (sulfide) groups is 1. The molecule has 2 atom stereocenters. The number of amidine groups is 1. The third kappa shape index (κ3) is 3.20. The predicted molar refractivity (Wildman–Crippen MR) is 88.3 cm³/mol. The first-order valence-electron chi connectivity index (χ1n) is 7.01. The molecule has 1 fully saturated rings. The van der Waals surface area contributed by atoms with E-state index in [1.165, 1.54) is 23.9 Å². The molecule has 2 aliphatic heterocycles. The molecule has 1 aromatic rings. The van der Waals surface area contributed by atoms with E-state index in [4.69, 9.17) is 0 Å². The van der Waals surface area contributed by atoms with Crippen LogP contribution in [0.5, 0.6) is 0 Å². The molecule has 0 aliphatic carbocycles. The van der Waals surface area contributed by atoms with Crippen molar-refractivity contribution in [2.75, 3.05) is 18.1 Å². The zero-order valence-corrected chi connectivity index (χ0v) is 13.6. The Morgan fingerprint density at radius 2 is 2.27 bits per heavy atom. The summed E-state index contributed by atoms with van der Waals surface area (Å²) >= 11 is 1.52. The van der Waals surface area contributed by atoms with Gasteiger partial charge in [0.15, 0.2) is 15.0 Å². The number of rotatable bonds is 4. The largest absolute Gasteiger partial charge is 0.342 e. The number of halogens is 1. The van der Waals surface area contributed by atoms with Crippen LogP contribution >= 0.6 is 11.8 Å². The fraction of sp³-hybridized carbons (Fsp3) is 0.400. The Labute approximate surface area is 134 Å². The van der Waals surface area contributed by atoms with Crippen LogP contribution < -0.4 is 0 Å². The number of benzene rings is 1. The summed E-state index contributed by atoms with van der Waals surface area (Å²) in [5, 5.41) is 0.828. The Morgan fingerprint density at radius 1 is 1.45 bits per heavy atom. The monoisotopic (exact) mass is 340 g/mol. The summed E-state index contributed by atoms with van der Waals surface area (Å²) < 4.78 is 36.7. The van der Waals surface area contributed by atoms with Gasteiger partial charge >= 0.3 is 0 Å². The average Bonchev–Trinajstić information content (AvgIpc) is 2.90. The van der Waals surface area contributed by atoms with Gasteiger partial charge in [-0.2, -0.15) is 0 Å². The molecule has 118 valence electrons. The van der Waals surface area contributed by atoms with Gasteiger partial charge in [-0.05, 0) is 17.7 Å². The van der Waals surface area contributed by atoms with Crippen LogP contribution in [0.1, 0.15) is 5.56 Å². The lowest BCUT2D eigenvalue weighted by molar-refractivity contribution is 0.379. The van der Waals surface area contributed by atoms with Crippen LogP contribution in [0.4, 0.5) is 4.39 Å². The highest BCUT2D eigenvalue weighted by Gasteiger charge is 2.45.